The molecule has 0 saturated carbocycles. The molecule has 0 atom stereocenters. The van der Waals surface area contributed by atoms with Crippen LogP contribution in [-0.2, 0) is 5.75 Å². The summed E-state index contributed by atoms with van der Waals surface area (Å²) in [6.45, 7) is 0. The molecule has 4 nitrogen and oxygen atoms in total. The quantitative estimate of drug-likeness (QED) is 0.225. The van der Waals surface area contributed by atoms with Gasteiger partial charge >= 0.3 is 0 Å². The van der Waals surface area contributed by atoms with E-state index in [2.05, 4.69) is 55.7 Å². The highest BCUT2D eigenvalue weighted by Crippen LogP contribution is 2.32. The summed E-state index contributed by atoms with van der Waals surface area (Å²) in [6, 6.07) is 20.4. The van der Waals surface area contributed by atoms with Gasteiger partial charge in [-0.05, 0) is 57.4 Å². The second kappa shape index (κ2) is 8.99. The van der Waals surface area contributed by atoms with Gasteiger partial charge in [-0.1, -0.05) is 54.2 Å². The molecule has 0 radical (unpaired) electrons. The molecule has 0 amide bonds. The van der Waals surface area contributed by atoms with Gasteiger partial charge in [0, 0.05) is 9.32 Å². The number of thioether (sulfide) groups is 1. The normalized spacial score (nSPS) is 10.7. The Kier molecular flexibility index (Phi) is 6.44. The molecule has 0 saturated heterocycles. The lowest BCUT2D eigenvalue weighted by Gasteiger charge is -2.00. The van der Waals surface area contributed by atoms with E-state index in [9.17, 15) is 5.26 Å². The molecular formula is C18H13IN4S2. The molecule has 0 bridgehead atoms. The van der Waals surface area contributed by atoms with Gasteiger partial charge < -0.3 is 0 Å². The molecule has 1 heterocycles. The van der Waals surface area contributed by atoms with Crippen molar-refractivity contribution in [2.45, 2.75) is 10.8 Å². The van der Waals surface area contributed by atoms with Crippen LogP contribution >= 0.6 is 45.9 Å². The van der Waals surface area contributed by atoms with E-state index >= 15 is 0 Å². The first-order valence-electron chi connectivity index (χ1n) is 7.37. The van der Waals surface area contributed by atoms with E-state index in [1.165, 1.54) is 17.1 Å². The topological polar surface area (TPSA) is 61.1 Å². The van der Waals surface area contributed by atoms with E-state index in [0.29, 0.717) is 10.6 Å². The Balaban J connectivity index is 1.66. The predicted octanol–water partition coefficient (Wildman–Crippen LogP) is 5.36. The number of halogens is 1. The maximum absolute atomic E-state index is 9.45. The van der Waals surface area contributed by atoms with Crippen LogP contribution in [0.2, 0.25) is 0 Å². The van der Waals surface area contributed by atoms with Crippen molar-refractivity contribution in [3.05, 3.63) is 74.9 Å². The largest absolute Gasteiger partial charge is 0.266 e. The molecular weight excluding hydrogens is 463 g/mol. The highest BCUT2D eigenvalue weighted by Gasteiger charge is 2.13. The zero-order valence-corrected chi connectivity index (χ0v) is 16.8. The molecule has 25 heavy (non-hydrogen) atoms. The lowest BCUT2D eigenvalue weighted by atomic mass is 10.2. The number of nitrogens with zero attached hydrogens (tertiary/aromatic N) is 3. The van der Waals surface area contributed by atoms with E-state index in [4.69, 9.17) is 0 Å². The van der Waals surface area contributed by atoms with Crippen molar-refractivity contribution in [1.82, 2.24) is 4.37 Å². The monoisotopic (exact) mass is 476 g/mol. The molecule has 0 aliphatic carbocycles. The minimum atomic E-state index is 0.547. The average Bonchev–Trinajstić information content (AvgIpc) is 3.03. The predicted molar refractivity (Wildman–Crippen MR) is 113 cm³/mol. The third-order valence-corrected chi connectivity index (χ3v) is 5.80. The fourth-order valence-electron chi connectivity index (χ4n) is 2.03. The summed E-state index contributed by atoms with van der Waals surface area (Å²) in [4.78, 5) is 0. The van der Waals surface area contributed by atoms with Gasteiger partial charge in [-0.3, -0.25) is 5.43 Å². The molecule has 0 spiro atoms. The number of hydrogen-bond acceptors (Lipinski definition) is 6. The first-order chi connectivity index (χ1) is 12.3. The maximum Gasteiger partial charge on any atom is 0.148 e. The standard InChI is InChI=1S/C18H13IN4S2/c19-15-8-4-7-14(9-15)11-21-22-17-16(10-20)18(23-25-17)24-12-13-5-2-1-3-6-13/h1-9,11,22H,12H2/b21-11+. The van der Waals surface area contributed by atoms with E-state index in [0.717, 1.165) is 19.9 Å². The summed E-state index contributed by atoms with van der Waals surface area (Å²) < 4.78 is 5.54. The van der Waals surface area contributed by atoms with Crippen molar-refractivity contribution in [2.24, 2.45) is 5.10 Å². The Morgan fingerprint density at radius 1 is 1.24 bits per heavy atom. The summed E-state index contributed by atoms with van der Waals surface area (Å²) in [5, 5.41) is 15.1. The van der Waals surface area contributed by atoms with Crippen molar-refractivity contribution in [3.63, 3.8) is 0 Å². The molecule has 124 valence electrons. The third-order valence-electron chi connectivity index (χ3n) is 3.22. The number of anilines is 1. The van der Waals surface area contributed by atoms with Gasteiger partial charge in [0.25, 0.3) is 0 Å². The zero-order chi connectivity index (χ0) is 17.5. The van der Waals surface area contributed by atoms with Crippen LogP contribution < -0.4 is 5.43 Å². The van der Waals surface area contributed by atoms with Gasteiger partial charge in [-0.15, -0.1) is 0 Å². The molecule has 1 N–H and O–H groups in total. The molecule has 7 heteroatoms. The maximum atomic E-state index is 9.45. The summed E-state index contributed by atoms with van der Waals surface area (Å²) in [7, 11) is 0. The Hall–Kier alpha value is -1.89. The number of benzene rings is 2. The van der Waals surface area contributed by atoms with E-state index in [1.807, 2.05) is 42.5 Å². The van der Waals surface area contributed by atoms with Gasteiger partial charge in [0.05, 0.1) is 6.21 Å². The van der Waals surface area contributed by atoms with Crippen LogP contribution in [0.4, 0.5) is 5.00 Å². The third kappa shape index (κ3) is 5.04. The van der Waals surface area contributed by atoms with Crippen LogP contribution in [0.5, 0.6) is 0 Å². The van der Waals surface area contributed by atoms with Crippen LogP contribution in [0, 0.1) is 14.9 Å². The molecule has 3 rings (SSSR count). The Morgan fingerprint density at radius 3 is 2.84 bits per heavy atom. The molecule has 0 aliphatic heterocycles. The van der Waals surface area contributed by atoms with E-state index in [-0.39, 0.29) is 0 Å². The highest BCUT2D eigenvalue weighted by atomic mass is 127. The highest BCUT2D eigenvalue weighted by molar-refractivity contribution is 14.1. The summed E-state index contributed by atoms with van der Waals surface area (Å²) in [6.07, 6.45) is 1.74. The molecule has 3 aromatic rings. The Labute approximate surface area is 168 Å². The minimum Gasteiger partial charge on any atom is -0.266 e. The molecule has 2 aromatic carbocycles. The van der Waals surface area contributed by atoms with E-state index < -0.39 is 0 Å². The van der Waals surface area contributed by atoms with Crippen LogP contribution in [0.25, 0.3) is 0 Å². The SMILES string of the molecule is N#Cc1c(SCc2ccccc2)nsc1N/N=C/c1cccc(I)c1. The fourth-order valence-corrected chi connectivity index (χ4v) is 4.36. The summed E-state index contributed by atoms with van der Waals surface area (Å²) in [5.41, 5.74) is 5.69. The van der Waals surface area contributed by atoms with Gasteiger partial charge in [-0.25, -0.2) is 0 Å². The smallest absolute Gasteiger partial charge is 0.148 e. The van der Waals surface area contributed by atoms with Crippen molar-refractivity contribution < 1.29 is 0 Å². The van der Waals surface area contributed by atoms with Gasteiger partial charge in [0.1, 0.15) is 21.7 Å². The number of hydrazone groups is 1. The first kappa shape index (κ1) is 17.9. The fraction of sp³-hybridized carbons (Fsp3) is 0.0556. The number of nitrogens with one attached hydrogen (secondary N) is 1. The van der Waals surface area contributed by atoms with Crippen molar-refractivity contribution >= 4 is 57.1 Å². The van der Waals surface area contributed by atoms with Crippen molar-refractivity contribution in [2.75, 3.05) is 5.43 Å². The van der Waals surface area contributed by atoms with Gasteiger partial charge in [0.15, 0.2) is 0 Å². The number of nitriles is 1. The minimum absolute atomic E-state index is 0.547. The first-order valence-corrected chi connectivity index (χ1v) is 10.2. The molecule has 1 aromatic heterocycles. The number of aromatic nitrogens is 1. The van der Waals surface area contributed by atoms with Crippen LogP contribution in [0.3, 0.4) is 0 Å². The van der Waals surface area contributed by atoms with Gasteiger partial charge in [-0.2, -0.15) is 14.7 Å². The zero-order valence-electron chi connectivity index (χ0n) is 13.0. The molecule has 0 unspecified atom stereocenters. The molecule has 0 aliphatic rings. The number of hydrogen-bond donors (Lipinski definition) is 1. The van der Waals surface area contributed by atoms with E-state index in [1.54, 1.807) is 18.0 Å². The van der Waals surface area contributed by atoms with Gasteiger partial charge in [0.2, 0.25) is 0 Å². The summed E-state index contributed by atoms with van der Waals surface area (Å²) >= 11 is 5.08. The van der Waals surface area contributed by atoms with Crippen LogP contribution in [0.15, 0.2) is 64.7 Å². The lowest BCUT2D eigenvalue weighted by Crippen LogP contribution is -1.91. The van der Waals surface area contributed by atoms with Crippen molar-refractivity contribution in [3.8, 4) is 6.07 Å². The Morgan fingerprint density at radius 2 is 2.08 bits per heavy atom. The Bertz CT molecular complexity index is 916. The number of rotatable bonds is 6. The summed E-state index contributed by atoms with van der Waals surface area (Å²) in [5.74, 6) is 0.782. The van der Waals surface area contributed by atoms with Crippen molar-refractivity contribution in [1.29, 1.82) is 5.26 Å². The average molecular weight is 476 g/mol. The molecule has 0 fully saturated rings. The van der Waals surface area contributed by atoms with Crippen LogP contribution in [-0.4, -0.2) is 10.6 Å². The lowest BCUT2D eigenvalue weighted by molar-refractivity contribution is 1.23. The van der Waals surface area contributed by atoms with Crippen LogP contribution in [0.1, 0.15) is 16.7 Å². The second-order valence-electron chi connectivity index (χ2n) is 5.00. The second-order valence-corrected chi connectivity index (χ2v) is 7.99.